The number of nitrogens with zero attached hydrogens (tertiary/aromatic N) is 1. The fourth-order valence-electron chi connectivity index (χ4n) is 1.56. The topological polar surface area (TPSA) is 79.7 Å². The number of esters is 1. The van der Waals surface area contributed by atoms with Gasteiger partial charge in [-0.1, -0.05) is 0 Å². The molecule has 1 aromatic rings. The summed E-state index contributed by atoms with van der Waals surface area (Å²) in [5.74, 6) is -1.26. The predicted molar refractivity (Wildman–Crippen MR) is 61.1 cm³/mol. The number of rotatable bonds is 5. The van der Waals surface area contributed by atoms with E-state index in [1.165, 1.54) is 13.0 Å². The molecule has 100 valence electrons. The van der Waals surface area contributed by atoms with Crippen LogP contribution in [0.2, 0.25) is 0 Å². The van der Waals surface area contributed by atoms with Crippen molar-refractivity contribution in [1.82, 2.24) is 4.98 Å². The fourth-order valence-corrected chi connectivity index (χ4v) is 1.56. The van der Waals surface area contributed by atoms with Gasteiger partial charge in [0.15, 0.2) is 0 Å². The minimum atomic E-state index is -1.31. The standard InChI is InChI=1S/C12H16FNO4/c1-3-18-11(16)6-9(15)12(17)8-4-5-10(13)14-7(8)2/h4-5,9,12,15,17H,3,6H2,1-2H3. The lowest BCUT2D eigenvalue weighted by Gasteiger charge is -2.18. The molecule has 0 spiro atoms. The van der Waals surface area contributed by atoms with Crippen molar-refractivity contribution >= 4 is 5.97 Å². The van der Waals surface area contributed by atoms with Gasteiger partial charge >= 0.3 is 5.97 Å². The van der Waals surface area contributed by atoms with Crippen LogP contribution in [0.4, 0.5) is 4.39 Å². The Hall–Kier alpha value is -1.53. The lowest BCUT2D eigenvalue weighted by Crippen LogP contribution is -2.24. The van der Waals surface area contributed by atoms with E-state index in [1.54, 1.807) is 6.92 Å². The Morgan fingerprint density at radius 2 is 2.17 bits per heavy atom. The molecule has 6 heteroatoms. The molecule has 1 aromatic heterocycles. The minimum Gasteiger partial charge on any atom is -0.466 e. The van der Waals surface area contributed by atoms with Gasteiger partial charge in [-0.2, -0.15) is 4.39 Å². The number of carbonyl (C=O) groups excluding carboxylic acids is 1. The first kappa shape index (κ1) is 14.5. The second-order valence-corrected chi connectivity index (χ2v) is 3.83. The van der Waals surface area contributed by atoms with E-state index in [0.717, 1.165) is 6.07 Å². The van der Waals surface area contributed by atoms with Gasteiger partial charge in [0.25, 0.3) is 0 Å². The van der Waals surface area contributed by atoms with Crippen LogP contribution in [0, 0.1) is 12.9 Å². The highest BCUT2D eigenvalue weighted by Gasteiger charge is 2.23. The lowest BCUT2D eigenvalue weighted by molar-refractivity contribution is -0.147. The number of ether oxygens (including phenoxy) is 1. The number of aliphatic hydroxyl groups is 2. The Kier molecular flexibility index (Phi) is 5.18. The monoisotopic (exact) mass is 257 g/mol. The molecule has 0 fully saturated rings. The molecule has 0 aliphatic carbocycles. The molecule has 2 unspecified atom stereocenters. The number of hydrogen-bond acceptors (Lipinski definition) is 5. The molecule has 0 aliphatic heterocycles. The normalized spacial score (nSPS) is 14.1. The van der Waals surface area contributed by atoms with Crippen LogP contribution in [-0.4, -0.2) is 33.9 Å². The third-order valence-electron chi connectivity index (χ3n) is 2.46. The van der Waals surface area contributed by atoms with Crippen molar-refractivity contribution in [2.24, 2.45) is 0 Å². The Morgan fingerprint density at radius 3 is 2.72 bits per heavy atom. The van der Waals surface area contributed by atoms with E-state index in [-0.39, 0.29) is 24.3 Å². The third kappa shape index (κ3) is 3.75. The Bertz CT molecular complexity index is 425. The van der Waals surface area contributed by atoms with Gasteiger partial charge in [0.1, 0.15) is 6.10 Å². The van der Waals surface area contributed by atoms with E-state index in [9.17, 15) is 19.4 Å². The van der Waals surface area contributed by atoms with E-state index in [4.69, 9.17) is 0 Å². The van der Waals surface area contributed by atoms with Crippen LogP contribution in [0.1, 0.15) is 30.7 Å². The molecule has 0 aliphatic rings. The molecule has 0 saturated heterocycles. The number of pyridine rings is 1. The van der Waals surface area contributed by atoms with Crippen molar-refractivity contribution in [1.29, 1.82) is 0 Å². The maximum atomic E-state index is 12.8. The van der Waals surface area contributed by atoms with E-state index >= 15 is 0 Å². The zero-order valence-corrected chi connectivity index (χ0v) is 10.3. The van der Waals surface area contributed by atoms with Gasteiger partial charge < -0.3 is 14.9 Å². The summed E-state index contributed by atoms with van der Waals surface area (Å²) < 4.78 is 17.5. The average Bonchev–Trinajstić information content (AvgIpc) is 2.28. The van der Waals surface area contributed by atoms with E-state index in [2.05, 4.69) is 9.72 Å². The lowest BCUT2D eigenvalue weighted by atomic mass is 10.0. The molecule has 0 aromatic carbocycles. The van der Waals surface area contributed by atoms with Crippen LogP contribution >= 0.6 is 0 Å². The first-order chi connectivity index (χ1) is 8.45. The summed E-state index contributed by atoms with van der Waals surface area (Å²) >= 11 is 0. The van der Waals surface area contributed by atoms with Gasteiger partial charge in [0.05, 0.1) is 19.1 Å². The number of carbonyl (C=O) groups is 1. The maximum absolute atomic E-state index is 12.8. The minimum absolute atomic E-state index is 0.207. The average molecular weight is 257 g/mol. The second kappa shape index (κ2) is 6.42. The molecule has 1 heterocycles. The van der Waals surface area contributed by atoms with E-state index in [0.29, 0.717) is 0 Å². The van der Waals surface area contributed by atoms with Crippen LogP contribution in [0.3, 0.4) is 0 Å². The molecule has 2 N–H and O–H groups in total. The van der Waals surface area contributed by atoms with Crippen molar-refractivity contribution in [3.05, 3.63) is 29.3 Å². The molecule has 0 radical (unpaired) electrons. The van der Waals surface area contributed by atoms with Gasteiger partial charge in [0, 0.05) is 11.3 Å². The van der Waals surface area contributed by atoms with Crippen molar-refractivity contribution in [2.45, 2.75) is 32.5 Å². The number of aliphatic hydroxyl groups excluding tert-OH is 2. The van der Waals surface area contributed by atoms with Crippen molar-refractivity contribution in [3.63, 3.8) is 0 Å². The summed E-state index contributed by atoms with van der Waals surface area (Å²) in [5, 5.41) is 19.5. The molecule has 0 amide bonds. The van der Waals surface area contributed by atoms with Crippen molar-refractivity contribution < 1.29 is 24.1 Å². The molecule has 0 bridgehead atoms. The summed E-state index contributed by atoms with van der Waals surface area (Å²) in [5.41, 5.74) is 0.554. The first-order valence-corrected chi connectivity index (χ1v) is 5.60. The van der Waals surface area contributed by atoms with Crippen LogP contribution in [0.15, 0.2) is 12.1 Å². The summed E-state index contributed by atoms with van der Waals surface area (Å²) in [4.78, 5) is 14.7. The highest BCUT2D eigenvalue weighted by molar-refractivity contribution is 5.70. The molecule has 1 rings (SSSR count). The highest BCUT2D eigenvalue weighted by atomic mass is 19.1. The Labute approximate surface area is 104 Å². The zero-order chi connectivity index (χ0) is 13.7. The van der Waals surface area contributed by atoms with E-state index in [1.807, 2.05) is 0 Å². The highest BCUT2D eigenvalue weighted by Crippen LogP contribution is 2.21. The smallest absolute Gasteiger partial charge is 0.308 e. The summed E-state index contributed by atoms with van der Waals surface area (Å²) in [6, 6.07) is 2.42. The summed E-state index contributed by atoms with van der Waals surface area (Å²) in [7, 11) is 0. The molecule has 2 atom stereocenters. The molecular weight excluding hydrogens is 241 g/mol. The number of aryl methyl sites for hydroxylation is 1. The van der Waals surface area contributed by atoms with Gasteiger partial charge in [-0.15, -0.1) is 0 Å². The van der Waals surface area contributed by atoms with Gasteiger partial charge in [-0.05, 0) is 26.0 Å². The van der Waals surface area contributed by atoms with Gasteiger partial charge in [-0.3, -0.25) is 4.79 Å². The number of hydrogen-bond donors (Lipinski definition) is 2. The second-order valence-electron chi connectivity index (χ2n) is 3.83. The number of aromatic nitrogens is 1. The van der Waals surface area contributed by atoms with Gasteiger partial charge in [-0.25, -0.2) is 4.98 Å². The first-order valence-electron chi connectivity index (χ1n) is 5.60. The molecule has 0 saturated carbocycles. The predicted octanol–water partition coefficient (Wildman–Crippen LogP) is 0.877. The Morgan fingerprint density at radius 1 is 1.50 bits per heavy atom. The third-order valence-corrected chi connectivity index (χ3v) is 2.46. The Balaban J connectivity index is 2.73. The zero-order valence-electron chi connectivity index (χ0n) is 10.3. The van der Waals surface area contributed by atoms with Crippen LogP contribution < -0.4 is 0 Å². The number of halogens is 1. The molecule has 18 heavy (non-hydrogen) atoms. The molecular formula is C12H16FNO4. The van der Waals surface area contributed by atoms with Gasteiger partial charge in [0.2, 0.25) is 5.95 Å². The largest absolute Gasteiger partial charge is 0.466 e. The van der Waals surface area contributed by atoms with Crippen LogP contribution in [0.5, 0.6) is 0 Å². The van der Waals surface area contributed by atoms with E-state index < -0.39 is 24.1 Å². The quantitative estimate of drug-likeness (QED) is 0.604. The fraction of sp³-hybridized carbons (Fsp3) is 0.500. The van der Waals surface area contributed by atoms with Crippen molar-refractivity contribution in [3.8, 4) is 0 Å². The SMILES string of the molecule is CCOC(=O)CC(O)C(O)c1ccc(F)nc1C. The van der Waals surface area contributed by atoms with Crippen LogP contribution in [0.25, 0.3) is 0 Å². The summed E-state index contributed by atoms with van der Waals surface area (Å²) in [6.07, 6.45) is -2.94. The molecule has 5 nitrogen and oxygen atoms in total. The van der Waals surface area contributed by atoms with Crippen molar-refractivity contribution in [2.75, 3.05) is 6.61 Å². The van der Waals surface area contributed by atoms with Crippen LogP contribution in [-0.2, 0) is 9.53 Å². The maximum Gasteiger partial charge on any atom is 0.308 e. The summed E-state index contributed by atoms with van der Waals surface area (Å²) in [6.45, 7) is 3.37.